The van der Waals surface area contributed by atoms with Gasteiger partial charge in [0.05, 0.1) is 0 Å². The van der Waals surface area contributed by atoms with Crippen LogP contribution in [-0.2, 0) is 9.59 Å². The maximum Gasteiger partial charge on any atom is 0.222 e. The molecule has 0 atom stereocenters. The Labute approximate surface area is 92.6 Å². The molecule has 0 fully saturated rings. The van der Waals surface area contributed by atoms with Crippen LogP contribution in [0.5, 0.6) is 0 Å². The average molecular weight is 214 g/mol. The summed E-state index contributed by atoms with van der Waals surface area (Å²) in [6.07, 6.45) is 3.83. The van der Waals surface area contributed by atoms with E-state index in [1.54, 1.807) is 11.0 Å². The Morgan fingerprint density at radius 1 is 1.47 bits per heavy atom. The van der Waals surface area contributed by atoms with Crippen molar-refractivity contribution in [1.29, 1.82) is 0 Å². The number of hydrogen-bond acceptors (Lipinski definition) is 2. The molecule has 0 saturated carbocycles. The molecule has 4 nitrogen and oxygen atoms in total. The molecular weight excluding hydrogens is 192 g/mol. The summed E-state index contributed by atoms with van der Waals surface area (Å²) in [5, 5.41) is 0. The standard InChI is InChI=1S/C11H20N2O2.H2/c1-3-8-13(9-4-2)11(15)7-5-6-10(12)14;/h3H,1,4-9H2,2H3,(H2,12,14);1H. The van der Waals surface area contributed by atoms with Gasteiger partial charge in [-0.1, -0.05) is 13.0 Å². The smallest absolute Gasteiger partial charge is 0.222 e. The second kappa shape index (κ2) is 8.03. The van der Waals surface area contributed by atoms with Crippen molar-refractivity contribution in [3.63, 3.8) is 0 Å². The summed E-state index contributed by atoms with van der Waals surface area (Å²) < 4.78 is 0. The Hall–Kier alpha value is -1.32. The molecule has 0 aliphatic carbocycles. The lowest BCUT2D eigenvalue weighted by atomic mass is 10.2. The Bertz CT molecular complexity index is 232. The number of rotatable bonds is 8. The van der Waals surface area contributed by atoms with Crippen molar-refractivity contribution in [2.75, 3.05) is 13.1 Å². The van der Waals surface area contributed by atoms with Crippen LogP contribution in [0.2, 0.25) is 0 Å². The molecule has 0 radical (unpaired) electrons. The third kappa shape index (κ3) is 6.71. The fourth-order valence-electron chi connectivity index (χ4n) is 1.32. The number of nitrogens with zero attached hydrogens (tertiary/aromatic N) is 1. The molecule has 0 aliphatic rings. The lowest BCUT2D eigenvalue weighted by Crippen LogP contribution is -2.31. The third-order valence-electron chi connectivity index (χ3n) is 2.01. The van der Waals surface area contributed by atoms with Gasteiger partial charge >= 0.3 is 0 Å². The topological polar surface area (TPSA) is 63.4 Å². The zero-order chi connectivity index (χ0) is 11.7. The first-order valence-electron chi connectivity index (χ1n) is 5.28. The molecule has 0 unspecified atom stereocenters. The predicted octanol–water partition coefficient (Wildman–Crippen LogP) is 1.31. The van der Waals surface area contributed by atoms with E-state index in [0.717, 1.165) is 13.0 Å². The summed E-state index contributed by atoms with van der Waals surface area (Å²) in [7, 11) is 0. The van der Waals surface area contributed by atoms with Gasteiger partial charge in [-0.05, 0) is 12.8 Å². The molecule has 15 heavy (non-hydrogen) atoms. The highest BCUT2D eigenvalue weighted by atomic mass is 16.2. The van der Waals surface area contributed by atoms with Crippen molar-refractivity contribution >= 4 is 11.8 Å². The molecule has 0 aliphatic heterocycles. The Kier molecular flexibility index (Phi) is 7.32. The van der Waals surface area contributed by atoms with E-state index in [-0.39, 0.29) is 19.7 Å². The van der Waals surface area contributed by atoms with Crippen LogP contribution in [0, 0.1) is 0 Å². The summed E-state index contributed by atoms with van der Waals surface area (Å²) in [6, 6.07) is 0. The summed E-state index contributed by atoms with van der Waals surface area (Å²) in [6.45, 7) is 6.94. The second-order valence-electron chi connectivity index (χ2n) is 3.45. The van der Waals surface area contributed by atoms with Gasteiger partial charge < -0.3 is 10.6 Å². The maximum atomic E-state index is 11.6. The van der Waals surface area contributed by atoms with Crippen LogP contribution in [0.1, 0.15) is 34.0 Å². The van der Waals surface area contributed by atoms with E-state index in [1.165, 1.54) is 0 Å². The minimum atomic E-state index is -0.353. The monoisotopic (exact) mass is 214 g/mol. The number of amides is 2. The van der Waals surface area contributed by atoms with Crippen molar-refractivity contribution in [1.82, 2.24) is 4.90 Å². The van der Waals surface area contributed by atoms with E-state index in [4.69, 9.17) is 5.73 Å². The molecule has 0 aromatic carbocycles. The normalized spacial score (nSPS) is 9.67. The molecule has 4 heteroatoms. The zero-order valence-corrected chi connectivity index (χ0v) is 9.37. The molecule has 0 aromatic rings. The van der Waals surface area contributed by atoms with Crippen LogP contribution in [0.15, 0.2) is 12.7 Å². The van der Waals surface area contributed by atoms with E-state index in [1.807, 2.05) is 6.92 Å². The molecule has 88 valence electrons. The molecule has 0 bridgehead atoms. The van der Waals surface area contributed by atoms with Gasteiger partial charge in [0.25, 0.3) is 0 Å². The van der Waals surface area contributed by atoms with Gasteiger partial charge in [-0.15, -0.1) is 6.58 Å². The molecular formula is C11H22N2O2. The first-order chi connectivity index (χ1) is 7.11. The minimum Gasteiger partial charge on any atom is -0.370 e. The van der Waals surface area contributed by atoms with Crippen molar-refractivity contribution in [2.24, 2.45) is 5.73 Å². The van der Waals surface area contributed by atoms with Crippen LogP contribution in [-0.4, -0.2) is 29.8 Å². The molecule has 0 spiro atoms. The summed E-state index contributed by atoms with van der Waals surface area (Å²) in [5.41, 5.74) is 4.99. The first kappa shape index (κ1) is 13.7. The van der Waals surface area contributed by atoms with Gasteiger partial charge in [0, 0.05) is 27.4 Å². The Balaban J connectivity index is 0. The largest absolute Gasteiger partial charge is 0.370 e. The summed E-state index contributed by atoms with van der Waals surface area (Å²) >= 11 is 0. The fraction of sp³-hybridized carbons (Fsp3) is 0.636. The fourth-order valence-corrected chi connectivity index (χ4v) is 1.32. The van der Waals surface area contributed by atoms with E-state index in [2.05, 4.69) is 6.58 Å². The second-order valence-corrected chi connectivity index (χ2v) is 3.45. The SMILES string of the molecule is C=CCN(CCC)C(=O)CCCC(N)=O.[HH]. The minimum absolute atomic E-state index is 0. The number of primary amides is 1. The average Bonchev–Trinajstić information content (AvgIpc) is 2.16. The van der Waals surface area contributed by atoms with Crippen LogP contribution in [0.3, 0.4) is 0 Å². The van der Waals surface area contributed by atoms with Gasteiger partial charge in [0.15, 0.2) is 0 Å². The van der Waals surface area contributed by atoms with Crippen molar-refractivity contribution in [3.8, 4) is 0 Å². The highest BCUT2D eigenvalue weighted by Gasteiger charge is 2.10. The van der Waals surface area contributed by atoms with Gasteiger partial charge in [-0.2, -0.15) is 0 Å². The van der Waals surface area contributed by atoms with Gasteiger partial charge in [0.1, 0.15) is 0 Å². The molecule has 0 saturated heterocycles. The molecule has 0 rings (SSSR count). The predicted molar refractivity (Wildman–Crippen MR) is 62.2 cm³/mol. The zero-order valence-electron chi connectivity index (χ0n) is 9.37. The van der Waals surface area contributed by atoms with Gasteiger partial charge in [-0.3, -0.25) is 9.59 Å². The van der Waals surface area contributed by atoms with Crippen LogP contribution in [0.25, 0.3) is 0 Å². The van der Waals surface area contributed by atoms with E-state index in [0.29, 0.717) is 19.4 Å². The molecule has 0 heterocycles. The van der Waals surface area contributed by atoms with Crippen LogP contribution >= 0.6 is 0 Å². The molecule has 2 amide bonds. The Morgan fingerprint density at radius 3 is 2.60 bits per heavy atom. The lowest BCUT2D eigenvalue weighted by Gasteiger charge is -2.20. The van der Waals surface area contributed by atoms with Crippen LogP contribution < -0.4 is 5.73 Å². The quantitative estimate of drug-likeness (QED) is 0.619. The lowest BCUT2D eigenvalue weighted by molar-refractivity contribution is -0.130. The van der Waals surface area contributed by atoms with Crippen molar-refractivity contribution in [3.05, 3.63) is 12.7 Å². The van der Waals surface area contributed by atoms with Gasteiger partial charge in [-0.25, -0.2) is 0 Å². The first-order valence-corrected chi connectivity index (χ1v) is 5.28. The highest BCUT2D eigenvalue weighted by Crippen LogP contribution is 2.02. The number of nitrogens with two attached hydrogens (primary N) is 1. The summed E-state index contributed by atoms with van der Waals surface area (Å²) in [5.74, 6) is -0.286. The number of carbonyl (C=O) groups is 2. The number of hydrogen-bond donors (Lipinski definition) is 1. The summed E-state index contributed by atoms with van der Waals surface area (Å²) in [4.78, 5) is 23.9. The third-order valence-corrected chi connectivity index (χ3v) is 2.01. The van der Waals surface area contributed by atoms with Gasteiger partial charge in [0.2, 0.25) is 11.8 Å². The van der Waals surface area contributed by atoms with Crippen molar-refractivity contribution < 1.29 is 11.0 Å². The maximum absolute atomic E-state index is 11.6. The van der Waals surface area contributed by atoms with Crippen LogP contribution in [0.4, 0.5) is 0 Å². The Morgan fingerprint density at radius 2 is 2.13 bits per heavy atom. The van der Waals surface area contributed by atoms with E-state index in [9.17, 15) is 9.59 Å². The van der Waals surface area contributed by atoms with Crippen molar-refractivity contribution in [2.45, 2.75) is 32.6 Å². The molecule has 0 aromatic heterocycles. The highest BCUT2D eigenvalue weighted by molar-refractivity contribution is 5.78. The molecule has 2 N–H and O–H groups in total. The van der Waals surface area contributed by atoms with E-state index < -0.39 is 0 Å². The number of carbonyl (C=O) groups excluding carboxylic acids is 2. The van der Waals surface area contributed by atoms with E-state index >= 15 is 0 Å².